The normalized spacial score (nSPS) is 11.8. The molecule has 5 nitrogen and oxygen atoms in total. The standard InChI is InChI=1S/C23H16Cl2N2O3/c24-16-8-6-15(7-9-16)22(23(28)29)30-21-11-10-17(25)14-19(21)20-12-13-27(26-20)18-4-2-1-3-5-18/h1-14,22H,(H,28,29). The van der Waals surface area contributed by atoms with Crippen LogP contribution in [0.15, 0.2) is 85.1 Å². The number of aromatic nitrogens is 2. The van der Waals surface area contributed by atoms with Crippen molar-refractivity contribution in [3.8, 4) is 22.7 Å². The highest BCUT2D eigenvalue weighted by Crippen LogP contribution is 2.35. The number of ether oxygens (including phenoxy) is 1. The third kappa shape index (κ3) is 4.32. The molecule has 0 saturated heterocycles. The van der Waals surface area contributed by atoms with Crippen LogP contribution < -0.4 is 4.74 Å². The summed E-state index contributed by atoms with van der Waals surface area (Å²) in [6, 6.07) is 23.0. The Morgan fingerprint density at radius 3 is 2.33 bits per heavy atom. The van der Waals surface area contributed by atoms with Crippen molar-refractivity contribution >= 4 is 29.2 Å². The molecule has 7 heteroatoms. The Labute approximate surface area is 183 Å². The van der Waals surface area contributed by atoms with Crippen molar-refractivity contribution < 1.29 is 14.6 Å². The number of hydrogen-bond acceptors (Lipinski definition) is 3. The maximum absolute atomic E-state index is 11.9. The molecule has 1 aromatic heterocycles. The largest absolute Gasteiger partial charge is 0.478 e. The lowest BCUT2D eigenvalue weighted by atomic mass is 10.1. The summed E-state index contributed by atoms with van der Waals surface area (Å²) in [6.07, 6.45) is 0.613. The minimum atomic E-state index is -1.21. The van der Waals surface area contributed by atoms with Crippen LogP contribution in [0.1, 0.15) is 11.7 Å². The van der Waals surface area contributed by atoms with Gasteiger partial charge in [0.05, 0.1) is 11.4 Å². The third-order valence-electron chi connectivity index (χ3n) is 4.47. The molecule has 0 aliphatic carbocycles. The molecule has 0 aliphatic heterocycles. The Bertz CT molecular complexity index is 1170. The van der Waals surface area contributed by atoms with Gasteiger partial charge in [-0.1, -0.05) is 53.5 Å². The van der Waals surface area contributed by atoms with Crippen LogP contribution in [0.25, 0.3) is 16.9 Å². The predicted molar refractivity (Wildman–Crippen MR) is 116 cm³/mol. The number of halogens is 2. The Hall–Kier alpha value is -3.28. The summed E-state index contributed by atoms with van der Waals surface area (Å²) >= 11 is 12.1. The van der Waals surface area contributed by atoms with Crippen molar-refractivity contribution in [1.82, 2.24) is 9.78 Å². The van der Waals surface area contributed by atoms with Gasteiger partial charge in [-0.15, -0.1) is 0 Å². The van der Waals surface area contributed by atoms with Crippen LogP contribution in [0.4, 0.5) is 0 Å². The van der Waals surface area contributed by atoms with Crippen molar-refractivity contribution in [2.24, 2.45) is 0 Å². The molecule has 1 atom stereocenters. The Balaban J connectivity index is 1.71. The van der Waals surface area contributed by atoms with E-state index in [0.29, 0.717) is 32.6 Å². The summed E-state index contributed by atoms with van der Waals surface area (Å²) in [5.41, 5.74) is 2.58. The number of rotatable bonds is 6. The molecular formula is C23H16Cl2N2O3. The summed E-state index contributed by atoms with van der Waals surface area (Å²) in [6.45, 7) is 0. The fraction of sp³-hybridized carbons (Fsp3) is 0.0435. The summed E-state index contributed by atoms with van der Waals surface area (Å²) in [4.78, 5) is 11.9. The Morgan fingerprint density at radius 1 is 0.933 bits per heavy atom. The molecular weight excluding hydrogens is 423 g/mol. The minimum absolute atomic E-state index is 0.361. The van der Waals surface area contributed by atoms with Gasteiger partial charge in [-0.3, -0.25) is 0 Å². The zero-order valence-corrected chi connectivity index (χ0v) is 17.1. The van der Waals surface area contributed by atoms with E-state index in [4.69, 9.17) is 27.9 Å². The van der Waals surface area contributed by atoms with E-state index < -0.39 is 12.1 Å². The molecule has 0 radical (unpaired) electrons. The highest BCUT2D eigenvalue weighted by atomic mass is 35.5. The van der Waals surface area contributed by atoms with Gasteiger partial charge < -0.3 is 9.84 Å². The lowest BCUT2D eigenvalue weighted by Crippen LogP contribution is -2.18. The van der Waals surface area contributed by atoms with E-state index >= 15 is 0 Å². The van der Waals surface area contributed by atoms with Crippen molar-refractivity contribution in [2.75, 3.05) is 0 Å². The molecule has 0 bridgehead atoms. The van der Waals surface area contributed by atoms with Crippen LogP contribution >= 0.6 is 23.2 Å². The van der Waals surface area contributed by atoms with E-state index in [-0.39, 0.29) is 0 Å². The fourth-order valence-corrected chi connectivity index (χ4v) is 3.32. The average Bonchev–Trinajstić information content (AvgIpc) is 3.24. The molecule has 1 heterocycles. The topological polar surface area (TPSA) is 64.3 Å². The van der Waals surface area contributed by atoms with E-state index in [9.17, 15) is 9.90 Å². The summed E-state index contributed by atoms with van der Waals surface area (Å²) < 4.78 is 7.64. The fourth-order valence-electron chi connectivity index (χ4n) is 3.02. The van der Waals surface area contributed by atoms with Crippen molar-refractivity contribution in [3.05, 3.63) is 101 Å². The van der Waals surface area contributed by atoms with E-state index in [1.54, 1.807) is 47.1 Å². The highest BCUT2D eigenvalue weighted by molar-refractivity contribution is 6.31. The number of para-hydroxylation sites is 1. The predicted octanol–water partition coefficient (Wildman–Crippen LogP) is 6.05. The Kier molecular flexibility index (Phi) is 5.74. The number of nitrogens with zero attached hydrogens (tertiary/aromatic N) is 2. The van der Waals surface area contributed by atoms with Gasteiger partial charge in [0.25, 0.3) is 0 Å². The quantitative estimate of drug-likeness (QED) is 0.397. The molecule has 150 valence electrons. The van der Waals surface area contributed by atoms with E-state index in [1.165, 1.54) is 0 Å². The van der Waals surface area contributed by atoms with Crippen LogP contribution in [0, 0.1) is 0 Å². The minimum Gasteiger partial charge on any atom is -0.478 e. The number of carbonyl (C=O) groups is 1. The molecule has 3 aromatic carbocycles. The molecule has 0 amide bonds. The van der Waals surface area contributed by atoms with Gasteiger partial charge in [0, 0.05) is 27.4 Å². The number of hydrogen-bond donors (Lipinski definition) is 1. The van der Waals surface area contributed by atoms with Crippen LogP contribution in [0.3, 0.4) is 0 Å². The summed E-state index contributed by atoms with van der Waals surface area (Å²) in [7, 11) is 0. The van der Waals surface area contributed by atoms with E-state index in [0.717, 1.165) is 5.69 Å². The van der Waals surface area contributed by atoms with Gasteiger partial charge in [-0.25, -0.2) is 9.48 Å². The van der Waals surface area contributed by atoms with Crippen LogP contribution in [-0.2, 0) is 4.79 Å². The first-order chi connectivity index (χ1) is 14.5. The van der Waals surface area contributed by atoms with Gasteiger partial charge in [-0.05, 0) is 48.5 Å². The van der Waals surface area contributed by atoms with Crippen LogP contribution in [-0.4, -0.2) is 20.9 Å². The van der Waals surface area contributed by atoms with Crippen molar-refractivity contribution in [3.63, 3.8) is 0 Å². The van der Waals surface area contributed by atoms with E-state index in [1.807, 2.05) is 42.6 Å². The van der Waals surface area contributed by atoms with Crippen LogP contribution in [0.2, 0.25) is 10.0 Å². The molecule has 4 rings (SSSR count). The molecule has 0 spiro atoms. The molecule has 0 fully saturated rings. The lowest BCUT2D eigenvalue weighted by molar-refractivity contribution is -0.145. The second-order valence-corrected chi connectivity index (χ2v) is 7.38. The first-order valence-electron chi connectivity index (χ1n) is 9.07. The summed E-state index contributed by atoms with van der Waals surface area (Å²) in [5.74, 6) is -0.756. The zero-order valence-electron chi connectivity index (χ0n) is 15.6. The zero-order chi connectivity index (χ0) is 21.1. The van der Waals surface area contributed by atoms with E-state index in [2.05, 4.69) is 5.10 Å². The SMILES string of the molecule is O=C(O)C(Oc1ccc(Cl)cc1-c1ccn(-c2ccccc2)n1)c1ccc(Cl)cc1. The first kappa shape index (κ1) is 20.0. The molecule has 0 aliphatic rings. The molecule has 30 heavy (non-hydrogen) atoms. The van der Waals surface area contributed by atoms with Gasteiger partial charge in [0.15, 0.2) is 0 Å². The average molecular weight is 439 g/mol. The second-order valence-electron chi connectivity index (χ2n) is 6.51. The smallest absolute Gasteiger partial charge is 0.349 e. The van der Waals surface area contributed by atoms with Gasteiger partial charge in [0.2, 0.25) is 6.10 Å². The number of aliphatic carboxylic acids is 1. The monoisotopic (exact) mass is 438 g/mol. The molecule has 1 unspecified atom stereocenters. The second kappa shape index (κ2) is 8.61. The highest BCUT2D eigenvalue weighted by Gasteiger charge is 2.24. The van der Waals surface area contributed by atoms with Crippen LogP contribution in [0.5, 0.6) is 5.75 Å². The molecule has 1 N–H and O–H groups in total. The number of benzene rings is 3. The summed E-state index contributed by atoms with van der Waals surface area (Å²) in [5, 5.41) is 15.3. The van der Waals surface area contributed by atoms with Crippen molar-refractivity contribution in [2.45, 2.75) is 6.10 Å². The molecule has 4 aromatic rings. The third-order valence-corrected chi connectivity index (χ3v) is 4.96. The Morgan fingerprint density at radius 2 is 1.63 bits per heavy atom. The van der Waals surface area contributed by atoms with Gasteiger partial charge in [-0.2, -0.15) is 5.10 Å². The van der Waals surface area contributed by atoms with Gasteiger partial charge in [0.1, 0.15) is 5.75 Å². The maximum atomic E-state index is 11.9. The molecule has 0 saturated carbocycles. The van der Waals surface area contributed by atoms with Crippen molar-refractivity contribution in [1.29, 1.82) is 0 Å². The number of carboxylic acids is 1. The lowest BCUT2D eigenvalue weighted by Gasteiger charge is -2.18. The van der Waals surface area contributed by atoms with Gasteiger partial charge >= 0.3 is 5.97 Å². The number of carboxylic acid groups (broad SMARTS) is 1. The maximum Gasteiger partial charge on any atom is 0.349 e. The first-order valence-corrected chi connectivity index (χ1v) is 9.83.